The number of carbonyl (C=O) groups is 1. The SMILES string of the molecule is CCCCCCCCCCC(=O)NN=C(C)c1ccc(-c2ccccc2)cc1. The van der Waals surface area contributed by atoms with E-state index in [1.807, 2.05) is 37.3 Å². The predicted octanol–water partition coefficient (Wildman–Crippen LogP) is 6.72. The van der Waals surface area contributed by atoms with Gasteiger partial charge in [0.15, 0.2) is 0 Å². The number of nitrogens with zero attached hydrogens (tertiary/aromatic N) is 1. The summed E-state index contributed by atoms with van der Waals surface area (Å²) < 4.78 is 0. The summed E-state index contributed by atoms with van der Waals surface area (Å²) in [4.78, 5) is 12.0. The highest BCUT2D eigenvalue weighted by molar-refractivity contribution is 5.99. The first kappa shape index (κ1) is 21.9. The first-order valence-corrected chi connectivity index (χ1v) is 10.7. The monoisotopic (exact) mass is 378 g/mol. The molecule has 150 valence electrons. The van der Waals surface area contributed by atoms with Crippen molar-refractivity contribution >= 4 is 11.6 Å². The van der Waals surface area contributed by atoms with Crippen LogP contribution >= 0.6 is 0 Å². The van der Waals surface area contributed by atoms with Crippen molar-refractivity contribution < 1.29 is 4.79 Å². The third-order valence-electron chi connectivity index (χ3n) is 5.02. The Morgan fingerprint density at radius 3 is 2.00 bits per heavy atom. The summed E-state index contributed by atoms with van der Waals surface area (Å²) >= 11 is 0. The summed E-state index contributed by atoms with van der Waals surface area (Å²) in [6.45, 7) is 4.16. The molecule has 0 radical (unpaired) electrons. The van der Waals surface area contributed by atoms with Crippen LogP contribution in [0.15, 0.2) is 59.7 Å². The number of hydrogen-bond acceptors (Lipinski definition) is 2. The number of amides is 1. The molecule has 3 nitrogen and oxygen atoms in total. The molecule has 0 bridgehead atoms. The molecule has 0 aliphatic heterocycles. The number of nitrogens with one attached hydrogen (secondary N) is 1. The second kappa shape index (κ2) is 12.9. The Hall–Kier alpha value is -2.42. The zero-order chi connectivity index (χ0) is 20.0. The fraction of sp³-hybridized carbons (Fsp3) is 0.440. The Labute approximate surface area is 170 Å². The molecule has 3 heteroatoms. The number of hydrogen-bond donors (Lipinski definition) is 1. The van der Waals surface area contributed by atoms with Gasteiger partial charge in [-0.1, -0.05) is 106 Å². The van der Waals surface area contributed by atoms with Crippen LogP contribution in [0.2, 0.25) is 0 Å². The van der Waals surface area contributed by atoms with E-state index < -0.39 is 0 Å². The van der Waals surface area contributed by atoms with Crippen LogP contribution in [0.4, 0.5) is 0 Å². The summed E-state index contributed by atoms with van der Waals surface area (Å²) in [6, 6.07) is 18.6. The largest absolute Gasteiger partial charge is 0.273 e. The lowest BCUT2D eigenvalue weighted by Gasteiger charge is -2.05. The van der Waals surface area contributed by atoms with Crippen LogP contribution in [0.25, 0.3) is 11.1 Å². The van der Waals surface area contributed by atoms with E-state index in [9.17, 15) is 4.79 Å². The van der Waals surface area contributed by atoms with E-state index in [0.717, 1.165) is 24.1 Å². The molecular weight excluding hydrogens is 344 g/mol. The molecule has 0 spiro atoms. The number of benzene rings is 2. The molecular formula is C25H34N2O. The summed E-state index contributed by atoms with van der Waals surface area (Å²) in [5, 5.41) is 4.26. The maximum Gasteiger partial charge on any atom is 0.240 e. The van der Waals surface area contributed by atoms with Crippen LogP contribution in [0.1, 0.15) is 77.2 Å². The topological polar surface area (TPSA) is 41.5 Å². The van der Waals surface area contributed by atoms with Gasteiger partial charge in [0.1, 0.15) is 0 Å². The lowest BCUT2D eigenvalue weighted by molar-refractivity contribution is -0.121. The number of rotatable bonds is 12. The first-order chi connectivity index (χ1) is 13.7. The molecule has 2 aromatic rings. The zero-order valence-electron chi connectivity index (χ0n) is 17.4. The second-order valence-electron chi connectivity index (χ2n) is 7.40. The van der Waals surface area contributed by atoms with Crippen molar-refractivity contribution in [3.05, 3.63) is 60.2 Å². The molecule has 2 rings (SSSR count). The van der Waals surface area contributed by atoms with E-state index >= 15 is 0 Å². The molecule has 0 aliphatic carbocycles. The maximum atomic E-state index is 12.0. The summed E-state index contributed by atoms with van der Waals surface area (Å²) in [7, 11) is 0. The summed E-state index contributed by atoms with van der Waals surface area (Å²) in [5.74, 6) is 0.00578. The van der Waals surface area contributed by atoms with Crippen LogP contribution in [-0.4, -0.2) is 11.6 Å². The van der Waals surface area contributed by atoms with E-state index in [-0.39, 0.29) is 5.91 Å². The average molecular weight is 379 g/mol. The Morgan fingerprint density at radius 2 is 1.36 bits per heavy atom. The predicted molar refractivity (Wildman–Crippen MR) is 119 cm³/mol. The van der Waals surface area contributed by atoms with Gasteiger partial charge in [-0.05, 0) is 30.0 Å². The minimum absolute atomic E-state index is 0.00578. The Bertz CT molecular complexity index is 720. The zero-order valence-corrected chi connectivity index (χ0v) is 17.4. The van der Waals surface area contributed by atoms with Crippen molar-refractivity contribution in [3.8, 4) is 11.1 Å². The molecule has 0 fully saturated rings. The molecule has 0 saturated heterocycles. The second-order valence-corrected chi connectivity index (χ2v) is 7.40. The number of carbonyl (C=O) groups excluding carboxylic acids is 1. The summed E-state index contributed by atoms with van der Waals surface area (Å²) in [5.41, 5.74) is 6.91. The smallest absolute Gasteiger partial charge is 0.240 e. The van der Waals surface area contributed by atoms with E-state index in [0.29, 0.717) is 6.42 Å². The van der Waals surface area contributed by atoms with Crippen LogP contribution in [0.5, 0.6) is 0 Å². The fourth-order valence-electron chi connectivity index (χ4n) is 3.22. The van der Waals surface area contributed by atoms with Crippen molar-refractivity contribution in [1.82, 2.24) is 5.43 Å². The highest BCUT2D eigenvalue weighted by Crippen LogP contribution is 2.19. The molecule has 0 unspecified atom stereocenters. The highest BCUT2D eigenvalue weighted by atomic mass is 16.2. The molecule has 0 saturated carbocycles. The molecule has 0 atom stereocenters. The summed E-state index contributed by atoms with van der Waals surface area (Å²) in [6.07, 6.45) is 10.4. The van der Waals surface area contributed by atoms with Gasteiger partial charge in [-0.2, -0.15) is 5.10 Å². The third-order valence-corrected chi connectivity index (χ3v) is 5.02. The van der Waals surface area contributed by atoms with Gasteiger partial charge in [0.05, 0.1) is 5.71 Å². The minimum Gasteiger partial charge on any atom is -0.273 e. The molecule has 0 aliphatic rings. The van der Waals surface area contributed by atoms with Gasteiger partial charge in [-0.25, -0.2) is 5.43 Å². The fourth-order valence-corrected chi connectivity index (χ4v) is 3.22. The first-order valence-electron chi connectivity index (χ1n) is 10.7. The van der Waals surface area contributed by atoms with Crippen LogP contribution in [0, 0.1) is 0 Å². The molecule has 1 amide bonds. The van der Waals surface area contributed by atoms with Crippen LogP contribution in [0.3, 0.4) is 0 Å². The molecule has 2 aromatic carbocycles. The van der Waals surface area contributed by atoms with Gasteiger partial charge in [-0.15, -0.1) is 0 Å². The van der Waals surface area contributed by atoms with Gasteiger partial charge in [0.2, 0.25) is 5.91 Å². The van der Waals surface area contributed by atoms with Gasteiger partial charge in [-0.3, -0.25) is 4.79 Å². The Kier molecular flexibility index (Phi) is 10.1. The quantitative estimate of drug-likeness (QED) is 0.248. The molecule has 0 aromatic heterocycles. The molecule has 1 N–H and O–H groups in total. The highest BCUT2D eigenvalue weighted by Gasteiger charge is 2.03. The van der Waals surface area contributed by atoms with E-state index in [1.54, 1.807) is 0 Å². The van der Waals surface area contributed by atoms with Crippen molar-refractivity contribution in [2.75, 3.05) is 0 Å². The standard InChI is InChI=1S/C25H34N2O/c1-3-4-5-6-7-8-9-13-16-25(28)27-26-21(2)22-17-19-24(20-18-22)23-14-11-10-12-15-23/h10-12,14-15,17-20H,3-9,13,16H2,1-2H3,(H,27,28). The maximum absolute atomic E-state index is 12.0. The van der Waals surface area contributed by atoms with E-state index in [1.165, 1.54) is 49.7 Å². The van der Waals surface area contributed by atoms with Gasteiger partial charge in [0.25, 0.3) is 0 Å². The van der Waals surface area contributed by atoms with Gasteiger partial charge >= 0.3 is 0 Å². The molecule has 28 heavy (non-hydrogen) atoms. The number of hydrazone groups is 1. The molecule has 0 heterocycles. The lowest BCUT2D eigenvalue weighted by Crippen LogP contribution is -2.18. The average Bonchev–Trinajstić information content (AvgIpc) is 2.74. The Balaban J connectivity index is 1.69. The van der Waals surface area contributed by atoms with Crippen molar-refractivity contribution in [2.24, 2.45) is 5.10 Å². The van der Waals surface area contributed by atoms with Crippen molar-refractivity contribution in [1.29, 1.82) is 0 Å². The van der Waals surface area contributed by atoms with Gasteiger partial charge in [0, 0.05) is 6.42 Å². The lowest BCUT2D eigenvalue weighted by atomic mass is 10.0. The normalized spacial score (nSPS) is 11.4. The minimum atomic E-state index is 0.00578. The Morgan fingerprint density at radius 1 is 0.786 bits per heavy atom. The van der Waals surface area contributed by atoms with Crippen molar-refractivity contribution in [3.63, 3.8) is 0 Å². The van der Waals surface area contributed by atoms with Crippen LogP contribution in [-0.2, 0) is 4.79 Å². The van der Waals surface area contributed by atoms with E-state index in [4.69, 9.17) is 0 Å². The van der Waals surface area contributed by atoms with Crippen LogP contribution < -0.4 is 5.43 Å². The van der Waals surface area contributed by atoms with Gasteiger partial charge < -0.3 is 0 Å². The van der Waals surface area contributed by atoms with Crippen molar-refractivity contribution in [2.45, 2.75) is 71.6 Å². The number of unbranched alkanes of at least 4 members (excludes halogenated alkanes) is 7. The third kappa shape index (κ3) is 8.08. The van der Waals surface area contributed by atoms with E-state index in [2.05, 4.69) is 41.7 Å².